The summed E-state index contributed by atoms with van der Waals surface area (Å²) in [6.45, 7) is 5.80. The highest BCUT2D eigenvalue weighted by Gasteiger charge is 2.47. The second-order valence-corrected chi connectivity index (χ2v) is 25.0. The third kappa shape index (κ3) is 47.7. The number of hydrogen-bond acceptors (Lipinski definition) is 10. The number of nitrogens with one attached hydrogen (secondary N) is 1. The van der Waals surface area contributed by atoms with E-state index in [1.165, 1.54) is 212 Å². The third-order valence-corrected chi connectivity index (χ3v) is 17.0. The number of esters is 1. The number of unbranched alkanes of at least 4 members (excludes halogenated alkanes) is 42. The highest BCUT2D eigenvalue weighted by atomic mass is 16.7. The lowest BCUT2D eigenvalue weighted by molar-refractivity contribution is -0.305. The van der Waals surface area contributed by atoms with Crippen molar-refractivity contribution in [2.75, 3.05) is 13.2 Å². The Labute approximate surface area is 516 Å². The summed E-state index contributed by atoms with van der Waals surface area (Å²) in [7, 11) is 0. The Bertz CT molecular complexity index is 1550. The molecule has 0 bridgehead atoms. The van der Waals surface area contributed by atoms with Crippen molar-refractivity contribution in [3.05, 3.63) is 48.6 Å². The fourth-order valence-corrected chi connectivity index (χ4v) is 11.3. The molecule has 84 heavy (non-hydrogen) atoms. The summed E-state index contributed by atoms with van der Waals surface area (Å²) in [5, 5.41) is 57.2. The molecule has 0 spiro atoms. The number of aliphatic hydroxyl groups excluding tert-OH is 5. The number of ether oxygens (including phenoxy) is 3. The van der Waals surface area contributed by atoms with Crippen LogP contribution in [0.5, 0.6) is 0 Å². The zero-order valence-corrected chi connectivity index (χ0v) is 54.8. The van der Waals surface area contributed by atoms with E-state index in [-0.39, 0.29) is 19.4 Å². The number of rotatable bonds is 62. The molecule has 11 nitrogen and oxygen atoms in total. The molecule has 1 fully saturated rings. The zero-order valence-electron chi connectivity index (χ0n) is 54.8. The molecule has 0 radical (unpaired) electrons. The topological polar surface area (TPSA) is 175 Å². The number of amides is 1. The van der Waals surface area contributed by atoms with Gasteiger partial charge in [-0.05, 0) is 64.2 Å². The Morgan fingerprint density at radius 2 is 0.821 bits per heavy atom. The molecule has 11 heteroatoms. The maximum absolute atomic E-state index is 13.5. The molecule has 1 amide bonds. The van der Waals surface area contributed by atoms with Gasteiger partial charge in [-0.15, -0.1) is 0 Å². The minimum Gasteiger partial charge on any atom is -0.454 e. The van der Waals surface area contributed by atoms with Crippen molar-refractivity contribution in [3.8, 4) is 0 Å². The first-order chi connectivity index (χ1) is 41.2. The van der Waals surface area contributed by atoms with Crippen molar-refractivity contribution in [2.24, 2.45) is 0 Å². The molecule has 8 atom stereocenters. The van der Waals surface area contributed by atoms with Crippen LogP contribution in [0.2, 0.25) is 0 Å². The molecule has 0 aromatic heterocycles. The molecule has 0 saturated carbocycles. The van der Waals surface area contributed by atoms with Crippen molar-refractivity contribution in [2.45, 2.75) is 391 Å². The molecular weight excluding hydrogens is 1050 g/mol. The average molecular weight is 1190 g/mol. The van der Waals surface area contributed by atoms with Gasteiger partial charge < -0.3 is 45.1 Å². The van der Waals surface area contributed by atoms with Gasteiger partial charge in [0.2, 0.25) is 5.91 Å². The van der Waals surface area contributed by atoms with Crippen molar-refractivity contribution in [1.29, 1.82) is 0 Å². The summed E-state index contributed by atoms with van der Waals surface area (Å²) < 4.78 is 17.7. The van der Waals surface area contributed by atoms with Crippen molar-refractivity contribution >= 4 is 11.9 Å². The predicted octanol–water partition coefficient (Wildman–Crippen LogP) is 18.3. The molecular formula is C73H135NO10. The number of allylic oxidation sites excluding steroid dienone is 7. The molecule has 1 rings (SSSR count). The minimum absolute atomic E-state index is 0.126. The molecule has 0 aliphatic carbocycles. The van der Waals surface area contributed by atoms with Gasteiger partial charge in [0, 0.05) is 6.42 Å². The standard InChI is InChI=1S/C73H135NO10/c1-4-7-10-13-16-19-22-25-27-29-31-32-33-34-35-36-37-39-41-43-46-49-52-55-58-61-68(78)84-71-70(80)69(79)67(62-75)83-73(71)82-63-64(65(76)59-56-53-50-47-44-24-21-18-15-12-9-6-3)74-72(81)66(77)60-57-54-51-48-45-42-40-38-30-28-26-23-20-17-14-11-8-5-2/h17,20,26,28,38,40,56,59,64-67,69-71,73,75-77,79-80H,4-16,18-19,21-25,27,29-37,39,41-55,57-58,60-63H2,1-3H3,(H,74,81)/b20-17-,28-26-,40-38-,59-56+. The normalized spacial score (nSPS) is 18.7. The van der Waals surface area contributed by atoms with Gasteiger partial charge in [-0.25, -0.2) is 0 Å². The van der Waals surface area contributed by atoms with Crippen LogP contribution in [0.25, 0.3) is 0 Å². The first-order valence-electron chi connectivity index (χ1n) is 35.9. The molecule has 0 aromatic carbocycles. The Kier molecular flexibility index (Phi) is 57.7. The SMILES string of the molecule is CCCCC/C=C\C/C=C\C/C=C\CCCCCCCC(O)C(=O)NC(COC1OC(CO)C(O)C(O)C1OC(=O)CCCCCCCCCCCCCCCCCCCCCCCCCCC)C(O)/C=C/CCCCCCCCCCCC. The lowest BCUT2D eigenvalue weighted by Gasteiger charge is -2.41. The molecule has 492 valence electrons. The van der Waals surface area contributed by atoms with Crippen LogP contribution in [0, 0.1) is 0 Å². The van der Waals surface area contributed by atoms with Gasteiger partial charge in [-0.2, -0.15) is 0 Å². The van der Waals surface area contributed by atoms with E-state index in [0.717, 1.165) is 83.5 Å². The summed E-state index contributed by atoms with van der Waals surface area (Å²) in [5.41, 5.74) is 0. The summed E-state index contributed by atoms with van der Waals surface area (Å²) in [5.74, 6) is -1.19. The van der Waals surface area contributed by atoms with E-state index in [1.54, 1.807) is 6.08 Å². The second kappa shape index (κ2) is 60.9. The third-order valence-electron chi connectivity index (χ3n) is 17.0. The lowest BCUT2D eigenvalue weighted by Crippen LogP contribution is -2.61. The van der Waals surface area contributed by atoms with Gasteiger partial charge in [-0.3, -0.25) is 9.59 Å². The van der Waals surface area contributed by atoms with Gasteiger partial charge in [0.15, 0.2) is 12.4 Å². The lowest BCUT2D eigenvalue weighted by atomic mass is 9.99. The van der Waals surface area contributed by atoms with Gasteiger partial charge in [0.1, 0.15) is 24.4 Å². The van der Waals surface area contributed by atoms with E-state index < -0.39 is 67.4 Å². The molecule has 1 heterocycles. The van der Waals surface area contributed by atoms with E-state index in [4.69, 9.17) is 14.2 Å². The van der Waals surface area contributed by atoms with E-state index >= 15 is 0 Å². The number of aliphatic hydroxyl groups is 5. The van der Waals surface area contributed by atoms with Crippen LogP contribution in [0.1, 0.15) is 342 Å². The van der Waals surface area contributed by atoms with Gasteiger partial charge in [0.05, 0.1) is 25.4 Å². The maximum Gasteiger partial charge on any atom is 0.306 e. The Hall–Kier alpha value is -2.38. The van der Waals surface area contributed by atoms with Gasteiger partial charge in [-0.1, -0.05) is 320 Å². The summed E-state index contributed by atoms with van der Waals surface area (Å²) >= 11 is 0. The Morgan fingerprint density at radius 1 is 0.464 bits per heavy atom. The first kappa shape index (κ1) is 79.6. The Balaban J connectivity index is 2.56. The van der Waals surface area contributed by atoms with Crippen LogP contribution in [0.3, 0.4) is 0 Å². The van der Waals surface area contributed by atoms with E-state index in [0.29, 0.717) is 12.8 Å². The van der Waals surface area contributed by atoms with Crippen LogP contribution >= 0.6 is 0 Å². The quantitative estimate of drug-likeness (QED) is 0.0195. The van der Waals surface area contributed by atoms with Crippen LogP contribution in [-0.4, -0.2) is 99.6 Å². The zero-order chi connectivity index (χ0) is 61.0. The number of hydrogen-bond donors (Lipinski definition) is 6. The smallest absolute Gasteiger partial charge is 0.306 e. The van der Waals surface area contributed by atoms with E-state index in [2.05, 4.69) is 62.5 Å². The fourth-order valence-electron chi connectivity index (χ4n) is 11.3. The second-order valence-electron chi connectivity index (χ2n) is 25.0. The largest absolute Gasteiger partial charge is 0.454 e. The van der Waals surface area contributed by atoms with Crippen molar-refractivity contribution in [1.82, 2.24) is 5.32 Å². The average Bonchev–Trinajstić information content (AvgIpc) is 3.67. The highest BCUT2D eigenvalue weighted by molar-refractivity contribution is 5.80. The van der Waals surface area contributed by atoms with Crippen LogP contribution in [0.4, 0.5) is 0 Å². The minimum atomic E-state index is -1.61. The van der Waals surface area contributed by atoms with Gasteiger partial charge in [0.25, 0.3) is 0 Å². The Morgan fingerprint density at radius 3 is 1.25 bits per heavy atom. The highest BCUT2D eigenvalue weighted by Crippen LogP contribution is 2.26. The summed E-state index contributed by atoms with van der Waals surface area (Å²) in [4.78, 5) is 26.7. The van der Waals surface area contributed by atoms with Gasteiger partial charge >= 0.3 is 5.97 Å². The summed E-state index contributed by atoms with van der Waals surface area (Å²) in [6.07, 6.45) is 65.9. The maximum atomic E-state index is 13.5. The molecule has 6 N–H and O–H groups in total. The van der Waals surface area contributed by atoms with Crippen LogP contribution in [-0.2, 0) is 23.8 Å². The van der Waals surface area contributed by atoms with E-state index in [9.17, 15) is 35.1 Å². The van der Waals surface area contributed by atoms with E-state index in [1.807, 2.05) is 6.08 Å². The molecule has 8 unspecified atom stereocenters. The molecule has 1 aliphatic rings. The molecule has 1 aliphatic heterocycles. The van der Waals surface area contributed by atoms with Crippen LogP contribution < -0.4 is 5.32 Å². The monoisotopic (exact) mass is 1190 g/mol. The molecule has 1 saturated heterocycles. The first-order valence-corrected chi connectivity index (χ1v) is 35.9. The van der Waals surface area contributed by atoms with Crippen molar-refractivity contribution in [3.63, 3.8) is 0 Å². The van der Waals surface area contributed by atoms with Crippen molar-refractivity contribution < 1.29 is 49.3 Å². The molecule has 0 aromatic rings. The predicted molar refractivity (Wildman–Crippen MR) is 352 cm³/mol. The van der Waals surface area contributed by atoms with Crippen LogP contribution in [0.15, 0.2) is 48.6 Å². The summed E-state index contributed by atoms with van der Waals surface area (Å²) in [6, 6.07) is -1.03. The number of carbonyl (C=O) groups is 2. The number of carbonyl (C=O) groups excluding carboxylic acids is 2. The fraction of sp³-hybridized carbons (Fsp3) is 0.863.